The predicted molar refractivity (Wildman–Crippen MR) is 76.3 cm³/mol. The summed E-state index contributed by atoms with van der Waals surface area (Å²) in [5.74, 6) is 0. The molecular formula is C16H14N3. The van der Waals surface area contributed by atoms with E-state index in [4.69, 9.17) is 0 Å². The first-order valence-electron chi connectivity index (χ1n) is 6.18. The van der Waals surface area contributed by atoms with E-state index >= 15 is 0 Å². The summed E-state index contributed by atoms with van der Waals surface area (Å²) in [5.41, 5.74) is 3.29. The number of nitrogens with one attached hydrogen (secondary N) is 1. The largest absolute Gasteiger partial charge is 0.355 e. The monoisotopic (exact) mass is 248 g/mol. The number of benzene rings is 2. The van der Waals surface area contributed by atoms with E-state index in [-0.39, 0.29) is 0 Å². The summed E-state index contributed by atoms with van der Waals surface area (Å²) in [6.07, 6.45) is 5.58. The van der Waals surface area contributed by atoms with E-state index in [1.807, 2.05) is 41.4 Å². The van der Waals surface area contributed by atoms with Gasteiger partial charge in [0.15, 0.2) is 0 Å². The second-order valence-electron chi connectivity index (χ2n) is 4.33. The fraction of sp³-hybridized carbons (Fsp3) is 0.0625. The van der Waals surface area contributed by atoms with Gasteiger partial charge >= 0.3 is 0 Å². The Morgan fingerprint density at radius 1 is 1.11 bits per heavy atom. The van der Waals surface area contributed by atoms with Gasteiger partial charge in [0.2, 0.25) is 0 Å². The van der Waals surface area contributed by atoms with Gasteiger partial charge in [-0.3, -0.25) is 0 Å². The lowest BCUT2D eigenvalue weighted by Gasteiger charge is -2.07. The van der Waals surface area contributed by atoms with Crippen LogP contribution in [0.5, 0.6) is 0 Å². The van der Waals surface area contributed by atoms with E-state index in [2.05, 4.69) is 40.6 Å². The lowest BCUT2D eigenvalue weighted by molar-refractivity contribution is 0.797. The first kappa shape index (κ1) is 11.5. The van der Waals surface area contributed by atoms with Crippen LogP contribution in [-0.2, 0) is 6.54 Å². The van der Waals surface area contributed by atoms with Crippen LogP contribution < -0.4 is 5.32 Å². The van der Waals surface area contributed by atoms with Crippen molar-refractivity contribution in [1.29, 1.82) is 0 Å². The number of imidazole rings is 1. The van der Waals surface area contributed by atoms with Gasteiger partial charge in [-0.25, -0.2) is 4.98 Å². The summed E-state index contributed by atoms with van der Waals surface area (Å²) < 4.78 is 2.05. The van der Waals surface area contributed by atoms with E-state index in [1.54, 1.807) is 6.20 Å². The number of para-hydroxylation sites is 1. The summed E-state index contributed by atoms with van der Waals surface area (Å²) >= 11 is 0. The quantitative estimate of drug-likeness (QED) is 0.766. The van der Waals surface area contributed by atoms with Gasteiger partial charge in [-0.1, -0.05) is 30.3 Å². The van der Waals surface area contributed by atoms with Crippen molar-refractivity contribution in [3.63, 3.8) is 0 Å². The van der Waals surface area contributed by atoms with Crippen LogP contribution in [0.3, 0.4) is 0 Å². The van der Waals surface area contributed by atoms with Gasteiger partial charge in [-0.2, -0.15) is 0 Å². The first-order valence-corrected chi connectivity index (χ1v) is 6.18. The molecule has 0 aliphatic rings. The molecule has 3 heteroatoms. The molecule has 3 aromatic rings. The summed E-state index contributed by atoms with van der Waals surface area (Å²) in [5, 5.41) is 3.32. The number of aromatic nitrogens is 2. The van der Waals surface area contributed by atoms with Gasteiger partial charge in [0.1, 0.15) is 0 Å². The Morgan fingerprint density at radius 3 is 2.68 bits per heavy atom. The lowest BCUT2D eigenvalue weighted by Crippen LogP contribution is -1.96. The molecule has 3 rings (SSSR count). The van der Waals surface area contributed by atoms with Crippen LogP contribution in [0.15, 0.2) is 67.3 Å². The van der Waals surface area contributed by atoms with Crippen molar-refractivity contribution < 1.29 is 0 Å². The second-order valence-corrected chi connectivity index (χ2v) is 4.33. The van der Waals surface area contributed by atoms with E-state index in [0.29, 0.717) is 0 Å². The van der Waals surface area contributed by atoms with Crippen molar-refractivity contribution in [2.75, 3.05) is 5.32 Å². The minimum atomic E-state index is 0.845. The number of rotatable bonds is 4. The van der Waals surface area contributed by atoms with Gasteiger partial charge in [0, 0.05) is 36.4 Å². The zero-order valence-electron chi connectivity index (χ0n) is 10.5. The highest BCUT2D eigenvalue weighted by Gasteiger charge is 1.97. The third-order valence-corrected chi connectivity index (χ3v) is 2.87. The Bertz CT molecular complexity index is 613. The van der Waals surface area contributed by atoms with Crippen LogP contribution >= 0.6 is 0 Å². The number of nitrogens with zero attached hydrogens (tertiary/aromatic N) is 2. The normalized spacial score (nSPS) is 10.3. The fourth-order valence-corrected chi connectivity index (χ4v) is 1.91. The van der Waals surface area contributed by atoms with Crippen molar-refractivity contribution >= 4 is 11.4 Å². The number of anilines is 2. The summed E-state index contributed by atoms with van der Waals surface area (Å²) in [7, 11) is 0. The molecule has 3 nitrogen and oxygen atoms in total. The van der Waals surface area contributed by atoms with E-state index in [0.717, 1.165) is 17.9 Å². The highest BCUT2D eigenvalue weighted by molar-refractivity contribution is 5.58. The van der Waals surface area contributed by atoms with Crippen LogP contribution in [0.1, 0.15) is 5.56 Å². The number of hydrogen-bond acceptors (Lipinski definition) is 2. The molecule has 0 amide bonds. The van der Waals surface area contributed by atoms with Gasteiger partial charge in [-0.05, 0) is 23.8 Å². The van der Waals surface area contributed by atoms with Crippen molar-refractivity contribution in [2.45, 2.75) is 6.54 Å². The molecule has 1 N–H and O–H groups in total. The molecule has 0 saturated carbocycles. The van der Waals surface area contributed by atoms with Crippen molar-refractivity contribution in [3.8, 4) is 0 Å². The zero-order valence-corrected chi connectivity index (χ0v) is 10.5. The average Bonchev–Trinajstić information content (AvgIpc) is 2.95. The Morgan fingerprint density at radius 2 is 2.00 bits per heavy atom. The number of hydrogen-bond donors (Lipinski definition) is 1. The minimum absolute atomic E-state index is 0.845. The minimum Gasteiger partial charge on any atom is -0.355 e. The molecule has 0 fully saturated rings. The van der Waals surface area contributed by atoms with Crippen LogP contribution in [0, 0.1) is 6.07 Å². The first-order chi connectivity index (χ1) is 9.40. The SMILES string of the molecule is [c]1ccccc1Nc1ccc(Cn2ccnc2)cc1. The van der Waals surface area contributed by atoms with Crippen LogP contribution in [0.2, 0.25) is 0 Å². The van der Waals surface area contributed by atoms with Gasteiger partial charge in [-0.15, -0.1) is 0 Å². The molecule has 1 radical (unpaired) electrons. The van der Waals surface area contributed by atoms with E-state index in [9.17, 15) is 0 Å². The molecule has 0 aliphatic carbocycles. The highest BCUT2D eigenvalue weighted by Crippen LogP contribution is 2.16. The maximum atomic E-state index is 4.04. The van der Waals surface area contributed by atoms with Crippen LogP contribution in [-0.4, -0.2) is 9.55 Å². The molecule has 0 saturated heterocycles. The molecule has 0 unspecified atom stereocenters. The molecule has 19 heavy (non-hydrogen) atoms. The highest BCUT2D eigenvalue weighted by atomic mass is 15.0. The molecule has 0 bridgehead atoms. The van der Waals surface area contributed by atoms with Crippen molar-refractivity contribution in [1.82, 2.24) is 9.55 Å². The van der Waals surface area contributed by atoms with Gasteiger partial charge < -0.3 is 9.88 Å². The van der Waals surface area contributed by atoms with Gasteiger partial charge in [0.05, 0.1) is 6.33 Å². The maximum absolute atomic E-state index is 4.04. The second kappa shape index (κ2) is 5.40. The average molecular weight is 248 g/mol. The predicted octanol–water partition coefficient (Wildman–Crippen LogP) is 3.48. The molecule has 1 heterocycles. The smallest absolute Gasteiger partial charge is 0.0949 e. The van der Waals surface area contributed by atoms with Crippen molar-refractivity contribution in [3.05, 3.63) is 78.9 Å². The lowest BCUT2D eigenvalue weighted by atomic mass is 10.2. The Balaban J connectivity index is 1.69. The zero-order chi connectivity index (χ0) is 12.9. The summed E-state index contributed by atoms with van der Waals surface area (Å²) in [6, 6.07) is 19.4. The standard InChI is InChI=1S/C16H14N3/c1-2-4-15(5-3-1)18-16-8-6-14(7-9-16)12-19-11-10-17-13-19/h1-4,6-11,13,18H,12H2. The van der Waals surface area contributed by atoms with Crippen molar-refractivity contribution in [2.24, 2.45) is 0 Å². The molecule has 0 aliphatic heterocycles. The Kier molecular flexibility index (Phi) is 3.28. The summed E-state index contributed by atoms with van der Waals surface area (Å²) in [6.45, 7) is 0.845. The van der Waals surface area contributed by atoms with Crippen LogP contribution in [0.25, 0.3) is 0 Å². The topological polar surface area (TPSA) is 29.9 Å². The molecule has 1 aromatic heterocycles. The maximum Gasteiger partial charge on any atom is 0.0949 e. The fourth-order valence-electron chi connectivity index (χ4n) is 1.91. The Hall–Kier alpha value is -2.55. The molecule has 0 atom stereocenters. The third-order valence-electron chi connectivity index (χ3n) is 2.87. The third kappa shape index (κ3) is 3.01. The molecule has 2 aromatic carbocycles. The summed E-state index contributed by atoms with van der Waals surface area (Å²) in [4.78, 5) is 4.04. The van der Waals surface area contributed by atoms with E-state index < -0.39 is 0 Å². The van der Waals surface area contributed by atoms with Crippen LogP contribution in [0.4, 0.5) is 11.4 Å². The van der Waals surface area contributed by atoms with Gasteiger partial charge in [0.25, 0.3) is 0 Å². The molecule has 93 valence electrons. The van der Waals surface area contributed by atoms with E-state index in [1.165, 1.54) is 5.56 Å². The molecular weight excluding hydrogens is 234 g/mol. The Labute approximate surface area is 112 Å². The molecule has 0 spiro atoms.